The number of aromatic nitrogens is 1. The Labute approximate surface area is 587 Å². The minimum absolute atomic E-state index is 0.00766. The van der Waals surface area contributed by atoms with Crippen molar-refractivity contribution in [2.24, 2.45) is 0 Å². The molecular weight excluding hydrogens is 1230 g/mol. The normalized spacial score (nSPS) is 19.4. The average molecular weight is 1280 g/mol. The van der Waals surface area contributed by atoms with E-state index >= 15 is 0 Å². The molecule has 0 amide bonds. The molecule has 0 fully saturated rings. The zero-order chi connectivity index (χ0) is 66.1. The summed E-state index contributed by atoms with van der Waals surface area (Å²) >= 11 is 0. The van der Waals surface area contributed by atoms with Gasteiger partial charge in [0.05, 0.1) is 50.6 Å². The smallest absolute Gasteiger partial charge is 0.0995 e. The molecule has 464 valence electrons. The molecule has 0 aliphatic heterocycles. The highest BCUT2D eigenvalue weighted by atomic mass is 14.9. The van der Waals surface area contributed by atoms with Crippen molar-refractivity contribution in [1.82, 2.24) is 4.40 Å². The van der Waals surface area contributed by atoms with Crippen LogP contribution in [-0.2, 0) is 16.2 Å². The first kappa shape index (κ1) is 53.1. The van der Waals surface area contributed by atoms with Gasteiger partial charge in [-0.1, -0.05) is 279 Å². The van der Waals surface area contributed by atoms with E-state index in [9.17, 15) is 10.5 Å². The van der Waals surface area contributed by atoms with Gasteiger partial charge in [0.25, 0.3) is 0 Å². The fourth-order valence-corrected chi connectivity index (χ4v) is 23.9. The molecule has 3 heteroatoms. The summed E-state index contributed by atoms with van der Waals surface area (Å²) in [6.45, 7) is 0. The van der Waals surface area contributed by atoms with Gasteiger partial charge in [-0.3, -0.25) is 0 Å². The second kappa shape index (κ2) is 17.7. The molecule has 3 nitrogen and oxygen atoms in total. The van der Waals surface area contributed by atoms with Crippen molar-refractivity contribution >= 4 is 38.1 Å². The van der Waals surface area contributed by atoms with Crippen LogP contribution < -0.4 is 0 Å². The van der Waals surface area contributed by atoms with Gasteiger partial charge in [-0.15, -0.1) is 0 Å². The van der Waals surface area contributed by atoms with E-state index in [0.29, 0.717) is 5.56 Å². The lowest BCUT2D eigenvalue weighted by Gasteiger charge is -2.59. The lowest BCUT2D eigenvalue weighted by Crippen LogP contribution is -2.53. The maximum atomic E-state index is 12.2. The molecule has 10 aliphatic rings. The first-order chi connectivity index (χ1) is 50.6. The van der Waals surface area contributed by atoms with E-state index in [4.69, 9.17) is 0 Å². The van der Waals surface area contributed by atoms with Gasteiger partial charge in [0.1, 0.15) is 0 Å². The Morgan fingerprint density at radius 3 is 1.08 bits per heavy atom. The minimum Gasteiger partial charge on any atom is -0.308 e. The summed E-state index contributed by atoms with van der Waals surface area (Å²) in [6.07, 6.45) is 0. The first-order valence-electron chi connectivity index (χ1n) is 36.1. The molecule has 2 bridgehead atoms. The minimum atomic E-state index is -0.602. The summed E-state index contributed by atoms with van der Waals surface area (Å²) in [5.74, 6) is -0.236. The van der Waals surface area contributed by atoms with E-state index < -0.39 is 16.2 Å². The van der Waals surface area contributed by atoms with Crippen molar-refractivity contribution in [2.45, 2.75) is 39.9 Å². The number of fused-ring (bicyclic) bond motifs is 34. The van der Waals surface area contributed by atoms with Gasteiger partial charge in [-0.25, -0.2) is 0 Å². The summed E-state index contributed by atoms with van der Waals surface area (Å²) in [5, 5.41) is 29.1. The Bertz CT molecular complexity index is 6890. The van der Waals surface area contributed by atoms with E-state index in [2.05, 4.69) is 314 Å². The second-order valence-electron chi connectivity index (χ2n) is 30.2. The highest BCUT2D eigenvalue weighted by molar-refractivity contribution is 6.34. The number of benzene rings is 15. The molecule has 2 heterocycles. The van der Waals surface area contributed by atoms with Gasteiger partial charge in [-0.05, 0) is 196 Å². The first-order valence-corrected chi connectivity index (χ1v) is 36.1. The van der Waals surface area contributed by atoms with Gasteiger partial charge in [0.2, 0.25) is 0 Å². The Morgan fingerprint density at radius 1 is 0.265 bits per heavy atom. The highest BCUT2D eigenvalue weighted by Crippen LogP contribution is 2.80. The number of rotatable bonds is 2. The van der Waals surface area contributed by atoms with Gasteiger partial charge >= 0.3 is 0 Å². The van der Waals surface area contributed by atoms with Gasteiger partial charge in [0.15, 0.2) is 0 Å². The number of hydrogen-bond donors (Lipinski definition) is 0. The predicted molar refractivity (Wildman–Crippen MR) is 406 cm³/mol. The molecule has 102 heavy (non-hydrogen) atoms. The van der Waals surface area contributed by atoms with Crippen LogP contribution in [0.3, 0.4) is 0 Å². The Balaban J connectivity index is 0.900. The molecule has 3 spiro atoms. The predicted octanol–water partition coefficient (Wildman–Crippen LogP) is 22.5. The zero-order valence-corrected chi connectivity index (χ0v) is 54.9. The van der Waals surface area contributed by atoms with Crippen LogP contribution in [0.4, 0.5) is 0 Å². The molecule has 0 saturated carbocycles. The average Bonchev–Trinajstić information content (AvgIpc) is 1.42. The quantitative estimate of drug-likeness (QED) is 0.173. The van der Waals surface area contributed by atoms with Crippen molar-refractivity contribution in [1.29, 1.82) is 10.5 Å². The molecule has 0 saturated heterocycles. The molecule has 10 aliphatic carbocycles. The van der Waals surface area contributed by atoms with E-state index in [-0.39, 0.29) is 23.7 Å². The zero-order valence-electron chi connectivity index (χ0n) is 54.9. The van der Waals surface area contributed by atoms with Crippen LogP contribution in [0.25, 0.3) is 105 Å². The standard InChI is InChI=1S/C99H53N3/c100-50-52-47-80-90(92-82(52)86-58-27-1-3-29-60(58)87(92)61-30-4-2-28-59(61)86)88-69(62-36-21-45-78-84(62)66-33-11-18-42-75(66)97(78)71-38-14-7-23-54(71)55-24-8-15-39-72(55)97)49-70(63-37-22-46-79-85(63)67-34-12-19-43-76(67)98(79)73-40-16-9-25-56(73)57-26-10-17-41-74(57)98)89-91-81(102(80)96(88)89)48-53(51-101)83-94-65-32-6-5-31-64(65)93-68-35-13-20-44-77(68)99(93,94)95(83)91/h1-49,86-87,93-94H. The van der Waals surface area contributed by atoms with Crippen LogP contribution in [0.15, 0.2) is 297 Å². The summed E-state index contributed by atoms with van der Waals surface area (Å²) < 4.78 is 2.60. The second-order valence-corrected chi connectivity index (χ2v) is 30.2. The van der Waals surface area contributed by atoms with Crippen LogP contribution in [0.5, 0.6) is 0 Å². The number of nitriles is 2. The molecule has 3 atom stereocenters. The highest BCUT2D eigenvalue weighted by Gasteiger charge is 2.71. The maximum absolute atomic E-state index is 12.2. The SMILES string of the molecule is N#Cc1cc2c(c3c1C1c4ccccc4C3c3ccccc31)c1c(-c3cccc4c3-c3ccccc3C43c4ccccc4-c4ccccc43)cc(-c3cccc4c3-c3ccccc3C43c4ccccc4-c4ccccc43)c3c4c5c(c(C#N)cc4n2c13)C1c2ccccc2C2c3ccccc3C521. The third-order valence-corrected chi connectivity index (χ3v) is 26.9. The molecule has 17 aromatic rings. The van der Waals surface area contributed by atoms with E-state index in [1.165, 1.54) is 177 Å². The lowest BCUT2D eigenvalue weighted by atomic mass is 9.42. The van der Waals surface area contributed by atoms with E-state index in [1.54, 1.807) is 0 Å². The topological polar surface area (TPSA) is 52.0 Å². The largest absolute Gasteiger partial charge is 0.308 e. The van der Waals surface area contributed by atoms with Gasteiger partial charge in [-0.2, -0.15) is 10.5 Å². The molecule has 3 unspecified atom stereocenters. The van der Waals surface area contributed by atoms with Crippen LogP contribution in [-0.4, -0.2) is 4.40 Å². The lowest BCUT2D eigenvalue weighted by molar-refractivity contribution is 0.336. The monoisotopic (exact) mass is 1280 g/mol. The summed E-state index contributed by atoms with van der Waals surface area (Å²) in [6, 6.07) is 120. The molecule has 27 rings (SSSR count). The molecule has 15 aromatic carbocycles. The molecule has 0 radical (unpaired) electrons. The van der Waals surface area contributed by atoms with Crippen LogP contribution in [0.1, 0.15) is 146 Å². The fraction of sp³-hybridized carbons (Fsp3) is 0.0707. The van der Waals surface area contributed by atoms with Crippen LogP contribution >= 0.6 is 0 Å². The Morgan fingerprint density at radius 2 is 0.608 bits per heavy atom. The number of nitrogens with zero attached hydrogens (tertiary/aromatic N) is 3. The Kier molecular flexibility index (Phi) is 9.23. The van der Waals surface area contributed by atoms with Crippen LogP contribution in [0.2, 0.25) is 0 Å². The summed E-state index contributed by atoms with van der Waals surface area (Å²) in [5.41, 5.74) is 43.4. The fourth-order valence-electron chi connectivity index (χ4n) is 23.9. The van der Waals surface area contributed by atoms with Crippen molar-refractivity contribution in [2.75, 3.05) is 0 Å². The maximum Gasteiger partial charge on any atom is 0.0995 e. The van der Waals surface area contributed by atoms with Crippen molar-refractivity contribution in [3.05, 3.63) is 420 Å². The van der Waals surface area contributed by atoms with E-state index in [1.807, 2.05) is 0 Å². The summed E-state index contributed by atoms with van der Waals surface area (Å²) in [4.78, 5) is 0. The van der Waals surface area contributed by atoms with Crippen molar-refractivity contribution in [3.63, 3.8) is 0 Å². The van der Waals surface area contributed by atoms with Gasteiger partial charge in [0, 0.05) is 50.6 Å². The van der Waals surface area contributed by atoms with Crippen LogP contribution in [0, 0.1) is 22.7 Å². The third-order valence-electron chi connectivity index (χ3n) is 26.9. The molecule has 0 N–H and O–H groups in total. The van der Waals surface area contributed by atoms with E-state index in [0.717, 1.165) is 44.4 Å². The molecular formula is C99H53N3. The number of hydrogen-bond acceptors (Lipinski definition) is 2. The summed E-state index contributed by atoms with van der Waals surface area (Å²) in [7, 11) is 0. The van der Waals surface area contributed by atoms with Gasteiger partial charge < -0.3 is 4.40 Å². The molecule has 2 aromatic heterocycles. The van der Waals surface area contributed by atoms with Crippen molar-refractivity contribution < 1.29 is 0 Å². The third kappa shape index (κ3) is 5.42. The van der Waals surface area contributed by atoms with Crippen molar-refractivity contribution in [3.8, 4) is 78.9 Å². The Hall–Kier alpha value is -12.9.